The third-order valence-electron chi connectivity index (χ3n) is 4.60. The van der Waals surface area contributed by atoms with E-state index in [9.17, 15) is 4.79 Å². The molecule has 144 valence electrons. The first-order chi connectivity index (χ1) is 13.6. The van der Waals surface area contributed by atoms with Gasteiger partial charge < -0.3 is 16.4 Å². The highest BCUT2D eigenvalue weighted by Crippen LogP contribution is 2.29. The Hall–Kier alpha value is -3.05. The van der Waals surface area contributed by atoms with E-state index in [1.54, 1.807) is 18.3 Å². The first-order valence-electron chi connectivity index (χ1n) is 9.16. The van der Waals surface area contributed by atoms with E-state index < -0.39 is 0 Å². The lowest BCUT2D eigenvalue weighted by Gasteiger charge is -2.21. The van der Waals surface area contributed by atoms with E-state index in [-0.39, 0.29) is 5.91 Å². The highest BCUT2D eigenvalue weighted by molar-refractivity contribution is 6.32. The number of nitrogens with two attached hydrogens (primary N) is 2. The molecule has 0 radical (unpaired) electrons. The van der Waals surface area contributed by atoms with Gasteiger partial charge in [0, 0.05) is 25.0 Å². The van der Waals surface area contributed by atoms with Gasteiger partial charge in [-0.1, -0.05) is 48.0 Å². The molecule has 28 heavy (non-hydrogen) atoms. The van der Waals surface area contributed by atoms with Crippen molar-refractivity contribution in [2.75, 3.05) is 23.7 Å². The highest BCUT2D eigenvalue weighted by Gasteiger charge is 2.18. The number of halogens is 1. The predicted molar refractivity (Wildman–Crippen MR) is 116 cm³/mol. The summed E-state index contributed by atoms with van der Waals surface area (Å²) in [5, 5.41) is 0.507. The Labute approximate surface area is 169 Å². The largest absolute Gasteiger partial charge is 0.382 e. The van der Waals surface area contributed by atoms with E-state index in [0.717, 1.165) is 29.9 Å². The first kappa shape index (κ1) is 19.7. The number of hydrogen-bond donors (Lipinski definition) is 2. The molecule has 1 amide bonds. The summed E-state index contributed by atoms with van der Waals surface area (Å²) in [4.78, 5) is 17.7. The Kier molecular flexibility index (Phi) is 6.50. The third kappa shape index (κ3) is 4.81. The normalized spacial score (nSPS) is 13.0. The molecule has 5 nitrogen and oxygen atoms in total. The number of primary amides is 1. The standard InChI is InChI=1S/C17H18N2O.C5H5ClN2/c18-17(20)15-12-14(13-6-2-1-3-7-13)8-9-16(15)19-10-4-5-11-19;6-4-2-1-3-8-5(4)7/h1-3,6-9,12H,4-5,10-11H2,(H2,18,20);1-3H,(H2,7,8). The van der Waals surface area contributed by atoms with Crippen LogP contribution >= 0.6 is 11.6 Å². The first-order valence-corrected chi connectivity index (χ1v) is 9.54. The minimum Gasteiger partial charge on any atom is -0.382 e. The predicted octanol–water partition coefficient (Wildman–Crippen LogP) is 4.37. The Morgan fingerprint density at radius 3 is 2.25 bits per heavy atom. The van der Waals surface area contributed by atoms with Crippen molar-refractivity contribution in [2.45, 2.75) is 12.8 Å². The number of anilines is 2. The molecule has 0 aliphatic carbocycles. The van der Waals surface area contributed by atoms with Crippen molar-refractivity contribution in [3.8, 4) is 11.1 Å². The smallest absolute Gasteiger partial charge is 0.250 e. The highest BCUT2D eigenvalue weighted by atomic mass is 35.5. The molecule has 4 rings (SSSR count). The summed E-state index contributed by atoms with van der Waals surface area (Å²) < 4.78 is 0. The van der Waals surface area contributed by atoms with Gasteiger partial charge in [0.1, 0.15) is 5.82 Å². The van der Waals surface area contributed by atoms with Gasteiger partial charge in [-0.2, -0.15) is 0 Å². The van der Waals surface area contributed by atoms with E-state index in [0.29, 0.717) is 16.4 Å². The molecule has 0 unspecified atom stereocenters. The van der Waals surface area contributed by atoms with Crippen molar-refractivity contribution < 1.29 is 4.79 Å². The molecule has 3 aromatic rings. The van der Waals surface area contributed by atoms with Gasteiger partial charge in [-0.25, -0.2) is 4.98 Å². The third-order valence-corrected chi connectivity index (χ3v) is 4.92. The molecule has 0 spiro atoms. The van der Waals surface area contributed by atoms with E-state index in [1.807, 2.05) is 42.5 Å². The second-order valence-corrected chi connectivity index (χ2v) is 6.93. The second kappa shape index (κ2) is 9.24. The fourth-order valence-electron chi connectivity index (χ4n) is 3.18. The Bertz CT molecular complexity index is 919. The number of nitrogen functional groups attached to an aromatic ring is 1. The van der Waals surface area contributed by atoms with Crippen LogP contribution in [0.2, 0.25) is 5.02 Å². The van der Waals surface area contributed by atoms with Crippen molar-refractivity contribution >= 4 is 29.0 Å². The Morgan fingerprint density at radius 1 is 0.964 bits per heavy atom. The molecule has 1 fully saturated rings. The molecule has 0 saturated carbocycles. The quantitative estimate of drug-likeness (QED) is 0.690. The van der Waals surface area contributed by atoms with Crippen LogP contribution in [-0.2, 0) is 0 Å². The summed E-state index contributed by atoms with van der Waals surface area (Å²) in [7, 11) is 0. The van der Waals surface area contributed by atoms with Crippen LogP contribution in [0.15, 0.2) is 66.9 Å². The molecule has 0 bridgehead atoms. The summed E-state index contributed by atoms with van der Waals surface area (Å²) >= 11 is 5.52. The number of benzene rings is 2. The maximum Gasteiger partial charge on any atom is 0.250 e. The van der Waals surface area contributed by atoms with Gasteiger partial charge in [0.2, 0.25) is 0 Å². The fourth-order valence-corrected chi connectivity index (χ4v) is 3.30. The van der Waals surface area contributed by atoms with Crippen molar-refractivity contribution in [3.05, 3.63) is 77.4 Å². The zero-order valence-corrected chi connectivity index (χ0v) is 16.3. The fraction of sp³-hybridized carbons (Fsp3) is 0.182. The molecule has 0 atom stereocenters. The van der Waals surface area contributed by atoms with Crippen LogP contribution in [0.25, 0.3) is 11.1 Å². The van der Waals surface area contributed by atoms with Gasteiger partial charge in [-0.15, -0.1) is 0 Å². The van der Waals surface area contributed by atoms with Crippen LogP contribution in [0.3, 0.4) is 0 Å². The minimum atomic E-state index is -0.357. The van der Waals surface area contributed by atoms with Crippen molar-refractivity contribution in [3.63, 3.8) is 0 Å². The lowest BCUT2D eigenvalue weighted by atomic mass is 10.0. The van der Waals surface area contributed by atoms with Gasteiger partial charge in [0.25, 0.3) is 5.91 Å². The summed E-state index contributed by atoms with van der Waals surface area (Å²) in [5.41, 5.74) is 14.6. The Morgan fingerprint density at radius 2 is 1.68 bits per heavy atom. The molecule has 1 aliphatic heterocycles. The van der Waals surface area contributed by atoms with Crippen molar-refractivity contribution in [2.24, 2.45) is 5.73 Å². The zero-order chi connectivity index (χ0) is 19.9. The SMILES string of the molecule is NC(=O)c1cc(-c2ccccc2)ccc1N1CCCC1.Nc1ncccc1Cl. The average Bonchev–Trinajstić information content (AvgIpc) is 3.26. The number of carbonyl (C=O) groups is 1. The number of pyridine rings is 1. The van der Waals surface area contributed by atoms with Gasteiger partial charge in [-0.05, 0) is 48.2 Å². The number of amides is 1. The number of nitrogens with zero attached hydrogens (tertiary/aromatic N) is 2. The molecular weight excluding hydrogens is 372 g/mol. The molecule has 1 aliphatic rings. The van der Waals surface area contributed by atoms with Crippen LogP contribution in [0, 0.1) is 0 Å². The van der Waals surface area contributed by atoms with E-state index in [4.69, 9.17) is 23.1 Å². The average molecular weight is 395 g/mol. The minimum absolute atomic E-state index is 0.357. The summed E-state index contributed by atoms with van der Waals surface area (Å²) in [5.74, 6) is 0.0267. The van der Waals surface area contributed by atoms with Crippen LogP contribution in [0.5, 0.6) is 0 Å². The number of aromatic nitrogens is 1. The molecule has 2 heterocycles. The monoisotopic (exact) mass is 394 g/mol. The maximum atomic E-state index is 11.8. The zero-order valence-electron chi connectivity index (χ0n) is 15.5. The van der Waals surface area contributed by atoms with E-state index in [1.165, 1.54) is 12.8 Å². The van der Waals surface area contributed by atoms with Gasteiger partial charge in [0.15, 0.2) is 0 Å². The molecular formula is C22H23ClN4O. The number of hydrogen-bond acceptors (Lipinski definition) is 4. The van der Waals surface area contributed by atoms with Gasteiger partial charge >= 0.3 is 0 Å². The van der Waals surface area contributed by atoms with Crippen LogP contribution in [0.1, 0.15) is 23.2 Å². The van der Waals surface area contributed by atoms with Crippen LogP contribution in [-0.4, -0.2) is 24.0 Å². The number of carbonyl (C=O) groups excluding carboxylic acids is 1. The lowest BCUT2D eigenvalue weighted by molar-refractivity contribution is 0.100. The molecule has 2 aromatic carbocycles. The summed E-state index contributed by atoms with van der Waals surface area (Å²) in [6.07, 6.45) is 3.96. The van der Waals surface area contributed by atoms with Gasteiger partial charge in [0.05, 0.1) is 10.6 Å². The van der Waals surface area contributed by atoms with Crippen LogP contribution < -0.4 is 16.4 Å². The molecule has 6 heteroatoms. The van der Waals surface area contributed by atoms with Crippen LogP contribution in [0.4, 0.5) is 11.5 Å². The topological polar surface area (TPSA) is 85.2 Å². The molecule has 1 saturated heterocycles. The van der Waals surface area contributed by atoms with Crippen molar-refractivity contribution in [1.82, 2.24) is 4.98 Å². The lowest BCUT2D eigenvalue weighted by Crippen LogP contribution is -2.23. The van der Waals surface area contributed by atoms with Gasteiger partial charge in [-0.3, -0.25) is 4.79 Å². The molecule has 4 N–H and O–H groups in total. The van der Waals surface area contributed by atoms with E-state index >= 15 is 0 Å². The van der Waals surface area contributed by atoms with Crippen molar-refractivity contribution in [1.29, 1.82) is 0 Å². The second-order valence-electron chi connectivity index (χ2n) is 6.53. The Balaban J connectivity index is 0.000000236. The molecule has 1 aromatic heterocycles. The van der Waals surface area contributed by atoms with E-state index in [2.05, 4.69) is 16.0 Å². The number of rotatable bonds is 3. The summed E-state index contributed by atoms with van der Waals surface area (Å²) in [6.45, 7) is 2.01. The summed E-state index contributed by atoms with van der Waals surface area (Å²) in [6, 6.07) is 19.5. The maximum absolute atomic E-state index is 11.8.